The molecule has 0 fully saturated rings. The number of phosphoric acid groups is 1. The van der Waals surface area contributed by atoms with Crippen molar-refractivity contribution in [3.63, 3.8) is 0 Å². The van der Waals surface area contributed by atoms with Crippen LogP contribution in [0.2, 0.25) is 0 Å². The van der Waals surface area contributed by atoms with E-state index in [1.54, 1.807) is 0 Å². The molecule has 12 heteroatoms. The minimum absolute atomic E-state index is 0.0817. The largest absolute Gasteiger partial charge is 0.472 e. The van der Waals surface area contributed by atoms with Crippen molar-refractivity contribution in [2.75, 3.05) is 26.4 Å². The highest BCUT2D eigenvalue weighted by atomic mass is 31.2. The van der Waals surface area contributed by atoms with Gasteiger partial charge in [-0.25, -0.2) is 4.57 Å². The fraction of sp³-hybridized carbons (Fsp3) is 0.672. The summed E-state index contributed by atoms with van der Waals surface area (Å²) in [6.45, 7) is 4.35. The number of aliphatic hydroxyl groups excluding tert-OH is 1. The summed E-state index contributed by atoms with van der Waals surface area (Å²) in [5.74, 6) is -1.57. The molecule has 2 N–H and O–H groups in total. The Morgan fingerprint density at radius 1 is 0.414 bits per heavy atom. The van der Waals surface area contributed by atoms with Gasteiger partial charge in [0.25, 0.3) is 0 Å². The minimum Gasteiger partial charge on any atom is -0.462 e. The topological polar surface area (TPSA) is 155 Å². The second-order valence-electron chi connectivity index (χ2n) is 17.7. The third-order valence-corrected chi connectivity index (χ3v) is 11.9. The minimum atomic E-state index is -4.77. The molecule has 0 saturated carbocycles. The van der Waals surface area contributed by atoms with E-state index in [2.05, 4.69) is 106 Å². The predicted octanol–water partition coefficient (Wildman–Crippen LogP) is 15.7. The fourth-order valence-electron chi connectivity index (χ4n) is 6.81. The number of carbonyl (C=O) groups excluding carboxylic acids is 3. The van der Waals surface area contributed by atoms with Crippen molar-refractivity contribution in [1.82, 2.24) is 0 Å². The van der Waals surface area contributed by atoms with Crippen molar-refractivity contribution in [2.24, 2.45) is 0 Å². The molecule has 0 aliphatic heterocycles. The van der Waals surface area contributed by atoms with Crippen LogP contribution in [0.25, 0.3) is 0 Å². The van der Waals surface area contributed by atoms with Crippen molar-refractivity contribution < 1.29 is 52.2 Å². The maximum atomic E-state index is 12.9. The third kappa shape index (κ3) is 49.4. The van der Waals surface area contributed by atoms with E-state index >= 15 is 0 Å². The second-order valence-corrected chi connectivity index (χ2v) is 19.1. The monoisotopic (exact) mass is 1000 g/mol. The van der Waals surface area contributed by atoms with Gasteiger partial charge in [0, 0.05) is 19.3 Å². The van der Waals surface area contributed by atoms with E-state index in [1.165, 1.54) is 32.1 Å². The van der Waals surface area contributed by atoms with Gasteiger partial charge in [0.1, 0.15) is 12.7 Å². The van der Waals surface area contributed by atoms with E-state index in [1.807, 2.05) is 12.2 Å². The zero-order chi connectivity index (χ0) is 51.3. The molecule has 400 valence electrons. The summed E-state index contributed by atoms with van der Waals surface area (Å²) < 4.78 is 39.3. The van der Waals surface area contributed by atoms with E-state index in [0.717, 1.165) is 116 Å². The zero-order valence-corrected chi connectivity index (χ0v) is 44.8. The third-order valence-electron chi connectivity index (χ3n) is 11.0. The predicted molar refractivity (Wildman–Crippen MR) is 288 cm³/mol. The van der Waals surface area contributed by atoms with E-state index < -0.39 is 57.8 Å². The molecular weight excluding hydrogens is 904 g/mol. The average molecular weight is 1000 g/mol. The Kier molecular flexibility index (Phi) is 49.1. The number of ether oxygens (including phenoxy) is 3. The molecule has 0 aliphatic carbocycles. The SMILES string of the molecule is CC/C=C\C/C=C\C/C=C\C/C=C\C/C=C\CCCC(=O)OC(COC(=O)CCCCCCC/C=C\C/C=C\CCCCC)COP(=O)(O)OCC(CO)OC(=O)CCCCCCC/C=C\CCCC. The Hall–Kier alpha value is -3.60. The van der Waals surface area contributed by atoms with Gasteiger partial charge >= 0.3 is 25.7 Å². The number of allylic oxidation sites excluding steroid dienone is 16. The molecule has 3 atom stereocenters. The maximum Gasteiger partial charge on any atom is 0.472 e. The molecule has 0 spiro atoms. The second kappa shape index (κ2) is 51.7. The Balaban J connectivity index is 4.88. The summed E-state index contributed by atoms with van der Waals surface area (Å²) in [5, 5.41) is 9.77. The molecule has 0 aromatic rings. The molecule has 3 unspecified atom stereocenters. The first kappa shape index (κ1) is 66.4. The molecule has 0 aromatic heterocycles. The summed E-state index contributed by atoms with van der Waals surface area (Å²) in [6, 6.07) is 0. The van der Waals surface area contributed by atoms with Crippen LogP contribution in [0.5, 0.6) is 0 Å². The molecule has 0 bridgehead atoms. The van der Waals surface area contributed by atoms with Gasteiger partial charge in [-0.15, -0.1) is 0 Å². The van der Waals surface area contributed by atoms with Crippen LogP contribution in [0.3, 0.4) is 0 Å². The Morgan fingerprint density at radius 3 is 1.26 bits per heavy atom. The van der Waals surface area contributed by atoms with Crippen molar-refractivity contribution in [1.29, 1.82) is 0 Å². The van der Waals surface area contributed by atoms with Crippen molar-refractivity contribution >= 4 is 25.7 Å². The van der Waals surface area contributed by atoms with Crippen LogP contribution in [0.15, 0.2) is 97.2 Å². The van der Waals surface area contributed by atoms with Gasteiger partial charge in [-0.3, -0.25) is 23.4 Å². The van der Waals surface area contributed by atoms with Crippen LogP contribution < -0.4 is 0 Å². The summed E-state index contributed by atoms with van der Waals surface area (Å²) in [6.07, 6.45) is 59.5. The van der Waals surface area contributed by atoms with Crippen LogP contribution in [0.1, 0.15) is 213 Å². The lowest BCUT2D eigenvalue weighted by molar-refractivity contribution is -0.161. The molecule has 0 heterocycles. The number of esters is 3. The number of rotatable bonds is 49. The molecule has 0 saturated heterocycles. The Bertz CT molecular complexity index is 1540. The summed E-state index contributed by atoms with van der Waals surface area (Å²) in [4.78, 5) is 48.4. The van der Waals surface area contributed by atoms with Crippen LogP contribution in [0.4, 0.5) is 0 Å². The summed E-state index contributed by atoms with van der Waals surface area (Å²) in [5.41, 5.74) is 0. The molecule has 70 heavy (non-hydrogen) atoms. The van der Waals surface area contributed by atoms with Crippen molar-refractivity contribution in [3.8, 4) is 0 Å². The van der Waals surface area contributed by atoms with Gasteiger partial charge in [-0.1, -0.05) is 182 Å². The molecular formula is C58H97O11P. The number of carbonyl (C=O) groups is 3. The lowest BCUT2D eigenvalue weighted by Crippen LogP contribution is -2.30. The standard InChI is InChI=1S/C58H97O11P/c1-4-7-10-13-16-19-22-24-26-27-29-31-34-37-40-43-46-49-58(62)69-55(51-65-56(60)47-44-41-38-35-33-30-28-25-23-20-17-14-11-8-5-2)53-67-70(63,64)66-52-54(50-59)68-57(61)48-45-42-39-36-32-21-18-15-12-9-6-3/h7,10,15-20,24-26,28-29,31,37,40,54-55,59H,4-6,8-9,11-14,21-23,27,30,32-36,38-39,41-53H2,1-3H3,(H,63,64)/b10-7-,18-15-,19-16-,20-17-,26-24-,28-25-,31-29-,40-37-. The summed E-state index contributed by atoms with van der Waals surface area (Å²) >= 11 is 0. The normalized spacial score (nSPS) is 14.2. The molecule has 0 aliphatic rings. The van der Waals surface area contributed by atoms with E-state index in [9.17, 15) is 28.9 Å². The number of hydrogen-bond donors (Lipinski definition) is 2. The maximum absolute atomic E-state index is 12.9. The smallest absolute Gasteiger partial charge is 0.462 e. The van der Waals surface area contributed by atoms with Crippen LogP contribution in [0, 0.1) is 0 Å². The highest BCUT2D eigenvalue weighted by Crippen LogP contribution is 2.43. The lowest BCUT2D eigenvalue weighted by Gasteiger charge is -2.21. The van der Waals surface area contributed by atoms with Gasteiger partial charge in [0.05, 0.1) is 19.8 Å². The van der Waals surface area contributed by atoms with Gasteiger partial charge < -0.3 is 24.2 Å². The molecule has 11 nitrogen and oxygen atoms in total. The van der Waals surface area contributed by atoms with E-state index in [4.69, 9.17) is 23.3 Å². The first-order valence-corrected chi connectivity index (χ1v) is 28.6. The van der Waals surface area contributed by atoms with Crippen LogP contribution in [-0.2, 0) is 42.2 Å². The quantitative estimate of drug-likeness (QED) is 0.0197. The van der Waals surface area contributed by atoms with Crippen LogP contribution >= 0.6 is 7.82 Å². The highest BCUT2D eigenvalue weighted by Gasteiger charge is 2.28. The molecule has 0 aromatic carbocycles. The van der Waals surface area contributed by atoms with Gasteiger partial charge in [-0.2, -0.15) is 0 Å². The van der Waals surface area contributed by atoms with Gasteiger partial charge in [0.15, 0.2) is 6.10 Å². The number of hydrogen-bond acceptors (Lipinski definition) is 10. The average Bonchev–Trinajstić information content (AvgIpc) is 3.35. The first-order chi connectivity index (χ1) is 34.2. The molecule has 0 amide bonds. The fourth-order valence-corrected chi connectivity index (χ4v) is 7.60. The van der Waals surface area contributed by atoms with E-state index in [-0.39, 0.29) is 25.9 Å². The zero-order valence-electron chi connectivity index (χ0n) is 43.9. The number of aliphatic hydroxyl groups is 1. The Morgan fingerprint density at radius 2 is 0.771 bits per heavy atom. The highest BCUT2D eigenvalue weighted by molar-refractivity contribution is 7.47. The van der Waals surface area contributed by atoms with E-state index in [0.29, 0.717) is 25.7 Å². The van der Waals surface area contributed by atoms with Crippen LogP contribution in [-0.4, -0.2) is 66.5 Å². The number of phosphoric ester groups is 1. The Labute approximate surface area is 425 Å². The first-order valence-electron chi connectivity index (χ1n) is 27.1. The van der Waals surface area contributed by atoms with Gasteiger partial charge in [0.2, 0.25) is 0 Å². The van der Waals surface area contributed by atoms with Crippen molar-refractivity contribution in [2.45, 2.75) is 226 Å². The van der Waals surface area contributed by atoms with Gasteiger partial charge in [-0.05, 0) is 109 Å². The lowest BCUT2D eigenvalue weighted by atomic mass is 10.1. The number of unbranched alkanes of at least 4 members (excludes halogenated alkanes) is 16. The molecule has 0 rings (SSSR count). The molecule has 0 radical (unpaired) electrons. The summed E-state index contributed by atoms with van der Waals surface area (Å²) in [7, 11) is -4.77. The van der Waals surface area contributed by atoms with Crippen molar-refractivity contribution in [3.05, 3.63) is 97.2 Å².